The molecule has 32 heavy (non-hydrogen) atoms. The molecule has 0 aromatic heterocycles. The zero-order valence-corrected chi connectivity index (χ0v) is 17.9. The van der Waals surface area contributed by atoms with Gasteiger partial charge in [0.05, 0.1) is 5.54 Å². The van der Waals surface area contributed by atoms with E-state index in [1.807, 2.05) is 18.2 Å². The largest absolute Gasteiger partial charge is 0.349 e. The van der Waals surface area contributed by atoms with E-state index in [0.29, 0.717) is 19.5 Å². The molecule has 3 aromatic carbocycles. The molecule has 2 atom stereocenters. The summed E-state index contributed by atoms with van der Waals surface area (Å²) >= 11 is 0. The van der Waals surface area contributed by atoms with Gasteiger partial charge in [0.25, 0.3) is 0 Å². The fraction of sp³-hybridized carbons (Fsp3) is 0.296. The van der Waals surface area contributed by atoms with E-state index in [-0.39, 0.29) is 11.8 Å². The Labute approximate surface area is 187 Å². The molecule has 0 aliphatic carbocycles. The van der Waals surface area contributed by atoms with Gasteiger partial charge in [0.2, 0.25) is 5.91 Å². The molecule has 1 amide bonds. The zero-order chi connectivity index (χ0) is 22.1. The van der Waals surface area contributed by atoms with Crippen molar-refractivity contribution < 1.29 is 13.6 Å². The lowest BCUT2D eigenvalue weighted by atomic mass is 9.76. The third-order valence-electron chi connectivity index (χ3n) is 6.81. The van der Waals surface area contributed by atoms with Crippen LogP contribution in [0.4, 0.5) is 8.78 Å². The van der Waals surface area contributed by atoms with E-state index in [0.717, 1.165) is 24.9 Å². The molecule has 3 nitrogen and oxygen atoms in total. The van der Waals surface area contributed by atoms with E-state index >= 15 is 0 Å². The highest BCUT2D eigenvalue weighted by molar-refractivity contribution is 5.78. The molecule has 3 aromatic rings. The average Bonchev–Trinajstić information content (AvgIpc) is 3.13. The number of nitrogens with zero attached hydrogens (tertiary/aromatic N) is 1. The fourth-order valence-corrected chi connectivity index (χ4v) is 5.37. The van der Waals surface area contributed by atoms with E-state index in [1.54, 1.807) is 6.07 Å². The monoisotopic (exact) mass is 432 g/mol. The standard InChI is InChI=1S/C27H26F2N2O/c28-24-12-11-22(15-25(24)29)23-17-31(18-27(23)13-5-10-26(32)30-27)16-19-6-4-9-21(14-19)20-7-2-1-3-8-20/h1-4,6-9,11-12,14-15,23H,5,10,13,16-18H2,(H,30,32)/t23-,27+/m0/s1. The quantitative estimate of drug-likeness (QED) is 0.609. The lowest BCUT2D eigenvalue weighted by Crippen LogP contribution is -2.56. The first-order valence-corrected chi connectivity index (χ1v) is 11.2. The van der Waals surface area contributed by atoms with E-state index in [4.69, 9.17) is 0 Å². The number of likely N-dealkylation sites (tertiary alicyclic amines) is 1. The van der Waals surface area contributed by atoms with Crippen molar-refractivity contribution in [1.82, 2.24) is 10.2 Å². The van der Waals surface area contributed by atoms with Crippen LogP contribution in [0.3, 0.4) is 0 Å². The second-order valence-corrected chi connectivity index (χ2v) is 9.02. The van der Waals surface area contributed by atoms with Crippen LogP contribution < -0.4 is 5.32 Å². The Morgan fingerprint density at radius 2 is 1.75 bits per heavy atom. The van der Waals surface area contributed by atoms with Crippen LogP contribution in [-0.4, -0.2) is 29.4 Å². The fourth-order valence-electron chi connectivity index (χ4n) is 5.37. The molecule has 5 rings (SSSR count). The molecule has 2 aliphatic heterocycles. The molecule has 0 unspecified atom stereocenters. The molecule has 0 saturated carbocycles. The summed E-state index contributed by atoms with van der Waals surface area (Å²) in [5.41, 5.74) is 3.82. The van der Waals surface area contributed by atoms with Gasteiger partial charge in [-0.3, -0.25) is 9.69 Å². The minimum atomic E-state index is -0.844. The SMILES string of the molecule is O=C1CCC[C@]2(CN(Cc3cccc(-c4ccccc4)c3)C[C@H]2c2ccc(F)c(F)c2)N1. The molecule has 1 N–H and O–H groups in total. The summed E-state index contributed by atoms with van der Waals surface area (Å²) in [6, 6.07) is 22.9. The van der Waals surface area contributed by atoms with Gasteiger partial charge in [-0.2, -0.15) is 0 Å². The number of carbonyl (C=O) groups is 1. The molecule has 5 heteroatoms. The zero-order valence-electron chi connectivity index (χ0n) is 17.9. The van der Waals surface area contributed by atoms with Crippen LogP contribution in [0.5, 0.6) is 0 Å². The number of piperidine rings is 1. The summed E-state index contributed by atoms with van der Waals surface area (Å²) in [6.45, 7) is 2.11. The highest BCUT2D eigenvalue weighted by Crippen LogP contribution is 2.42. The van der Waals surface area contributed by atoms with Crippen molar-refractivity contribution in [3.8, 4) is 11.1 Å². The van der Waals surface area contributed by atoms with Crippen molar-refractivity contribution in [2.75, 3.05) is 13.1 Å². The number of rotatable bonds is 4. The van der Waals surface area contributed by atoms with Crippen LogP contribution in [0.2, 0.25) is 0 Å². The van der Waals surface area contributed by atoms with E-state index in [2.05, 4.69) is 46.6 Å². The average molecular weight is 433 g/mol. The second kappa shape index (κ2) is 8.47. The topological polar surface area (TPSA) is 32.3 Å². The summed E-state index contributed by atoms with van der Waals surface area (Å²) in [5.74, 6) is -1.73. The smallest absolute Gasteiger partial charge is 0.220 e. The molecule has 0 radical (unpaired) electrons. The Bertz CT molecular complexity index is 1130. The first-order chi connectivity index (χ1) is 15.5. The molecule has 2 aliphatic rings. The van der Waals surface area contributed by atoms with Gasteiger partial charge in [0.15, 0.2) is 11.6 Å². The number of hydrogen-bond acceptors (Lipinski definition) is 2. The Balaban J connectivity index is 1.42. The Hall–Kier alpha value is -3.05. The molecule has 0 bridgehead atoms. The maximum atomic E-state index is 14.0. The van der Waals surface area contributed by atoms with Crippen molar-refractivity contribution in [2.45, 2.75) is 37.3 Å². The van der Waals surface area contributed by atoms with Gasteiger partial charge in [0.1, 0.15) is 0 Å². The van der Waals surface area contributed by atoms with E-state index in [1.165, 1.54) is 28.8 Å². The van der Waals surface area contributed by atoms with Crippen LogP contribution in [-0.2, 0) is 11.3 Å². The minimum Gasteiger partial charge on any atom is -0.349 e. The molecule has 2 saturated heterocycles. The first kappa shape index (κ1) is 20.8. The molecule has 1 spiro atoms. The molecule has 2 fully saturated rings. The van der Waals surface area contributed by atoms with E-state index in [9.17, 15) is 13.6 Å². The van der Waals surface area contributed by atoms with Gasteiger partial charge < -0.3 is 5.32 Å². The Morgan fingerprint density at radius 1 is 0.938 bits per heavy atom. The van der Waals surface area contributed by atoms with Gasteiger partial charge in [-0.25, -0.2) is 8.78 Å². The molecule has 2 heterocycles. The van der Waals surface area contributed by atoms with Crippen LogP contribution in [0.1, 0.15) is 36.3 Å². The normalized spacial score (nSPS) is 23.4. The van der Waals surface area contributed by atoms with Gasteiger partial charge >= 0.3 is 0 Å². The highest BCUT2D eigenvalue weighted by Gasteiger charge is 2.49. The Kier molecular flexibility index (Phi) is 5.51. The van der Waals surface area contributed by atoms with Gasteiger partial charge in [0, 0.05) is 32.0 Å². The number of carbonyl (C=O) groups excluding carboxylic acids is 1. The maximum Gasteiger partial charge on any atom is 0.220 e. The van der Waals surface area contributed by atoms with Crippen molar-refractivity contribution in [3.63, 3.8) is 0 Å². The van der Waals surface area contributed by atoms with Crippen LogP contribution in [0.15, 0.2) is 72.8 Å². The molecular formula is C27H26F2N2O. The van der Waals surface area contributed by atoms with Gasteiger partial charge in [-0.05, 0) is 53.3 Å². The number of amides is 1. The number of halogens is 2. The number of benzene rings is 3. The van der Waals surface area contributed by atoms with Crippen molar-refractivity contribution >= 4 is 5.91 Å². The van der Waals surface area contributed by atoms with Crippen molar-refractivity contribution in [1.29, 1.82) is 0 Å². The molecule has 164 valence electrons. The summed E-state index contributed by atoms with van der Waals surface area (Å²) in [6.07, 6.45) is 2.16. The summed E-state index contributed by atoms with van der Waals surface area (Å²) in [4.78, 5) is 14.6. The van der Waals surface area contributed by atoms with Crippen molar-refractivity contribution in [3.05, 3.63) is 95.6 Å². The van der Waals surface area contributed by atoms with E-state index < -0.39 is 17.2 Å². The minimum absolute atomic E-state index is 0.0387. The Morgan fingerprint density at radius 3 is 2.53 bits per heavy atom. The van der Waals surface area contributed by atoms with Gasteiger partial charge in [-0.1, -0.05) is 54.6 Å². The lowest BCUT2D eigenvalue weighted by molar-refractivity contribution is -0.125. The summed E-state index contributed by atoms with van der Waals surface area (Å²) in [5, 5.41) is 3.23. The number of hydrogen-bond donors (Lipinski definition) is 1. The van der Waals surface area contributed by atoms with Crippen LogP contribution >= 0.6 is 0 Å². The summed E-state index contributed by atoms with van der Waals surface area (Å²) < 4.78 is 27.6. The first-order valence-electron chi connectivity index (χ1n) is 11.2. The van der Waals surface area contributed by atoms with Crippen molar-refractivity contribution in [2.24, 2.45) is 0 Å². The second-order valence-electron chi connectivity index (χ2n) is 9.02. The molecular weight excluding hydrogens is 406 g/mol. The predicted octanol–water partition coefficient (Wildman–Crippen LogP) is 5.27. The highest BCUT2D eigenvalue weighted by atomic mass is 19.2. The van der Waals surface area contributed by atoms with Crippen LogP contribution in [0.25, 0.3) is 11.1 Å². The predicted molar refractivity (Wildman–Crippen MR) is 121 cm³/mol. The maximum absolute atomic E-state index is 14.0. The van der Waals surface area contributed by atoms with Crippen LogP contribution in [0, 0.1) is 11.6 Å². The lowest BCUT2D eigenvalue weighted by Gasteiger charge is -2.39. The van der Waals surface area contributed by atoms with Gasteiger partial charge in [-0.15, -0.1) is 0 Å². The third-order valence-corrected chi connectivity index (χ3v) is 6.81. The third kappa shape index (κ3) is 4.05. The summed E-state index contributed by atoms with van der Waals surface area (Å²) in [7, 11) is 0. The number of nitrogens with one attached hydrogen (secondary N) is 1.